The SMILES string of the molecule is Cc1cc2c(n1CCN1CCCC1)CC(C)(C)CC2N. The summed E-state index contributed by atoms with van der Waals surface area (Å²) < 4.78 is 2.54. The van der Waals surface area contributed by atoms with Crippen LogP contribution in [-0.4, -0.2) is 29.1 Å². The molecule has 1 fully saturated rings. The van der Waals surface area contributed by atoms with Crippen LogP contribution in [0.4, 0.5) is 0 Å². The summed E-state index contributed by atoms with van der Waals surface area (Å²) in [6, 6.07) is 2.56. The van der Waals surface area contributed by atoms with E-state index in [-0.39, 0.29) is 6.04 Å². The molecule has 3 nitrogen and oxygen atoms in total. The van der Waals surface area contributed by atoms with Crippen LogP contribution in [0.3, 0.4) is 0 Å². The standard InChI is InChI=1S/C17H29N3/c1-13-10-14-15(18)11-17(2,3)12-16(14)20(13)9-8-19-6-4-5-7-19/h10,15H,4-9,11-12,18H2,1-3H3. The lowest BCUT2D eigenvalue weighted by atomic mass is 9.74. The third kappa shape index (κ3) is 2.66. The van der Waals surface area contributed by atoms with Crippen LogP contribution in [0.1, 0.15) is 56.1 Å². The van der Waals surface area contributed by atoms with Gasteiger partial charge >= 0.3 is 0 Å². The van der Waals surface area contributed by atoms with Crippen molar-refractivity contribution in [1.82, 2.24) is 9.47 Å². The van der Waals surface area contributed by atoms with Gasteiger partial charge in [-0.25, -0.2) is 0 Å². The number of likely N-dealkylation sites (tertiary alicyclic amines) is 1. The van der Waals surface area contributed by atoms with E-state index in [1.165, 1.54) is 55.8 Å². The third-order valence-electron chi connectivity index (χ3n) is 5.11. The fourth-order valence-electron chi connectivity index (χ4n) is 4.06. The Balaban J connectivity index is 1.80. The Bertz CT molecular complexity index is 481. The van der Waals surface area contributed by atoms with Gasteiger partial charge in [0.05, 0.1) is 0 Å². The van der Waals surface area contributed by atoms with Crippen LogP contribution in [0.25, 0.3) is 0 Å². The molecule has 1 aromatic rings. The first-order valence-corrected chi connectivity index (χ1v) is 8.13. The molecular weight excluding hydrogens is 246 g/mol. The second-order valence-corrected chi connectivity index (χ2v) is 7.54. The summed E-state index contributed by atoms with van der Waals surface area (Å²) >= 11 is 0. The Hall–Kier alpha value is -0.800. The Kier molecular flexibility index (Phi) is 3.67. The molecule has 1 atom stereocenters. The van der Waals surface area contributed by atoms with Crippen molar-refractivity contribution in [2.24, 2.45) is 11.1 Å². The zero-order valence-electron chi connectivity index (χ0n) is 13.3. The summed E-state index contributed by atoms with van der Waals surface area (Å²) in [4.78, 5) is 2.60. The summed E-state index contributed by atoms with van der Waals surface area (Å²) in [6.07, 6.45) is 5.03. The minimum Gasteiger partial charge on any atom is -0.347 e. The normalized spacial score (nSPS) is 25.9. The maximum absolute atomic E-state index is 6.40. The zero-order valence-corrected chi connectivity index (χ0v) is 13.3. The highest BCUT2D eigenvalue weighted by Crippen LogP contribution is 2.40. The topological polar surface area (TPSA) is 34.2 Å². The number of rotatable bonds is 3. The van der Waals surface area contributed by atoms with Crippen LogP contribution < -0.4 is 5.73 Å². The highest BCUT2D eigenvalue weighted by atomic mass is 15.2. The van der Waals surface area contributed by atoms with Crippen LogP contribution in [0, 0.1) is 12.3 Å². The maximum Gasteiger partial charge on any atom is 0.0352 e. The molecule has 3 rings (SSSR count). The summed E-state index contributed by atoms with van der Waals surface area (Å²) in [5.41, 5.74) is 11.0. The van der Waals surface area contributed by atoms with E-state index in [9.17, 15) is 0 Å². The fourth-order valence-corrected chi connectivity index (χ4v) is 4.06. The number of hydrogen-bond donors (Lipinski definition) is 1. The first-order chi connectivity index (χ1) is 9.46. The van der Waals surface area contributed by atoms with Crippen LogP contribution in [0.15, 0.2) is 6.07 Å². The highest BCUT2D eigenvalue weighted by Gasteiger charge is 2.33. The molecule has 2 N–H and O–H groups in total. The van der Waals surface area contributed by atoms with Crippen molar-refractivity contribution in [3.63, 3.8) is 0 Å². The van der Waals surface area contributed by atoms with Crippen LogP contribution >= 0.6 is 0 Å². The molecule has 0 amide bonds. The maximum atomic E-state index is 6.40. The van der Waals surface area contributed by atoms with Crippen molar-refractivity contribution in [1.29, 1.82) is 0 Å². The van der Waals surface area contributed by atoms with Gasteiger partial charge in [0.2, 0.25) is 0 Å². The molecule has 20 heavy (non-hydrogen) atoms. The second-order valence-electron chi connectivity index (χ2n) is 7.54. The second kappa shape index (κ2) is 5.19. The summed E-state index contributed by atoms with van der Waals surface area (Å²) in [5, 5.41) is 0. The molecule has 3 heteroatoms. The molecule has 0 radical (unpaired) electrons. The van der Waals surface area contributed by atoms with E-state index in [4.69, 9.17) is 5.73 Å². The number of fused-ring (bicyclic) bond motifs is 1. The van der Waals surface area contributed by atoms with Crippen molar-refractivity contribution in [2.75, 3.05) is 19.6 Å². The smallest absolute Gasteiger partial charge is 0.0352 e. The molecule has 0 bridgehead atoms. The van der Waals surface area contributed by atoms with Crippen molar-refractivity contribution in [3.05, 3.63) is 23.0 Å². The van der Waals surface area contributed by atoms with E-state index < -0.39 is 0 Å². The van der Waals surface area contributed by atoms with E-state index >= 15 is 0 Å². The molecule has 1 unspecified atom stereocenters. The Labute approximate surface area is 123 Å². The zero-order chi connectivity index (χ0) is 14.3. The van der Waals surface area contributed by atoms with Gasteiger partial charge in [0, 0.05) is 30.5 Å². The van der Waals surface area contributed by atoms with Crippen LogP contribution in [0.2, 0.25) is 0 Å². The molecule has 1 saturated heterocycles. The minimum atomic E-state index is 0.223. The molecular formula is C17H29N3. The summed E-state index contributed by atoms with van der Waals surface area (Å²) in [6.45, 7) is 11.8. The first kappa shape index (κ1) is 14.2. The fraction of sp³-hybridized carbons (Fsp3) is 0.765. The van der Waals surface area contributed by atoms with Gasteiger partial charge in [0.15, 0.2) is 0 Å². The van der Waals surface area contributed by atoms with Crippen LogP contribution in [0.5, 0.6) is 0 Å². The summed E-state index contributed by atoms with van der Waals surface area (Å²) in [7, 11) is 0. The lowest BCUT2D eigenvalue weighted by Crippen LogP contribution is -2.31. The average molecular weight is 275 g/mol. The van der Waals surface area contributed by atoms with Gasteiger partial charge in [-0.1, -0.05) is 13.8 Å². The van der Waals surface area contributed by atoms with E-state index in [1.807, 2.05) is 0 Å². The molecule has 0 spiro atoms. The van der Waals surface area contributed by atoms with E-state index in [0.717, 1.165) is 13.0 Å². The lowest BCUT2D eigenvalue weighted by molar-refractivity contribution is 0.269. The quantitative estimate of drug-likeness (QED) is 0.920. The van der Waals surface area contributed by atoms with Crippen molar-refractivity contribution in [3.8, 4) is 0 Å². The minimum absolute atomic E-state index is 0.223. The molecule has 1 aliphatic heterocycles. The van der Waals surface area contributed by atoms with Crippen LogP contribution in [-0.2, 0) is 13.0 Å². The van der Waals surface area contributed by atoms with Crippen molar-refractivity contribution in [2.45, 2.75) is 59.0 Å². The molecule has 0 aromatic carbocycles. The largest absolute Gasteiger partial charge is 0.347 e. The van der Waals surface area contributed by atoms with Crippen molar-refractivity contribution < 1.29 is 0 Å². The monoisotopic (exact) mass is 275 g/mol. The van der Waals surface area contributed by atoms with Gasteiger partial charge in [0.1, 0.15) is 0 Å². The van der Waals surface area contributed by atoms with Gasteiger partial charge in [-0.05, 0) is 62.7 Å². The van der Waals surface area contributed by atoms with Gasteiger partial charge in [-0.2, -0.15) is 0 Å². The molecule has 2 aliphatic rings. The molecule has 1 aromatic heterocycles. The highest BCUT2D eigenvalue weighted by molar-refractivity contribution is 5.34. The molecule has 1 aliphatic carbocycles. The summed E-state index contributed by atoms with van der Waals surface area (Å²) in [5.74, 6) is 0. The Morgan fingerprint density at radius 2 is 1.95 bits per heavy atom. The van der Waals surface area contributed by atoms with E-state index in [2.05, 4.69) is 36.3 Å². The van der Waals surface area contributed by atoms with E-state index in [0.29, 0.717) is 5.41 Å². The van der Waals surface area contributed by atoms with Gasteiger partial charge < -0.3 is 15.2 Å². The number of aromatic nitrogens is 1. The molecule has 2 heterocycles. The Morgan fingerprint density at radius 3 is 2.65 bits per heavy atom. The number of hydrogen-bond acceptors (Lipinski definition) is 2. The first-order valence-electron chi connectivity index (χ1n) is 8.13. The van der Waals surface area contributed by atoms with Gasteiger partial charge in [-0.15, -0.1) is 0 Å². The van der Waals surface area contributed by atoms with Gasteiger partial charge in [0.25, 0.3) is 0 Å². The molecule has 0 saturated carbocycles. The average Bonchev–Trinajstić information content (AvgIpc) is 2.94. The Morgan fingerprint density at radius 1 is 1.25 bits per heavy atom. The number of aryl methyl sites for hydroxylation is 1. The van der Waals surface area contributed by atoms with Crippen molar-refractivity contribution >= 4 is 0 Å². The molecule has 112 valence electrons. The lowest BCUT2D eigenvalue weighted by Gasteiger charge is -2.34. The van der Waals surface area contributed by atoms with E-state index in [1.54, 1.807) is 0 Å². The predicted octanol–water partition coefficient (Wildman–Crippen LogP) is 2.86. The third-order valence-corrected chi connectivity index (χ3v) is 5.11. The van der Waals surface area contributed by atoms with Gasteiger partial charge in [-0.3, -0.25) is 0 Å². The number of nitrogens with zero attached hydrogens (tertiary/aromatic N) is 2. The number of nitrogens with two attached hydrogens (primary N) is 1. The predicted molar refractivity (Wildman–Crippen MR) is 83.9 cm³/mol.